The van der Waals surface area contributed by atoms with E-state index in [-0.39, 0.29) is 5.41 Å². The molecule has 0 N–H and O–H groups in total. The standard InChI is InChI=1S/C28H26.C2H6/c1-22-14-18-26(19-15-22)28(25-12-8-5-9-13-25,24-10-6-3-4-7-11-24)27-20-16-23(2)17-21-27;1-2/h3-6,8-21H,7H2,1-2H3;1-2H3. The highest BCUT2D eigenvalue weighted by Crippen LogP contribution is 2.46. The fourth-order valence-corrected chi connectivity index (χ4v) is 4.15. The van der Waals surface area contributed by atoms with Gasteiger partial charge in [0.2, 0.25) is 0 Å². The molecular formula is C30H32. The normalized spacial score (nSPS) is 13.1. The molecule has 30 heavy (non-hydrogen) atoms. The maximum atomic E-state index is 2.37. The minimum absolute atomic E-state index is 0.342. The van der Waals surface area contributed by atoms with Crippen LogP contribution < -0.4 is 0 Å². The van der Waals surface area contributed by atoms with Crippen LogP contribution in [-0.2, 0) is 5.41 Å². The number of hydrogen-bond donors (Lipinski definition) is 0. The Hall–Kier alpha value is -3.12. The molecule has 0 heteroatoms. The lowest BCUT2D eigenvalue weighted by atomic mass is 9.64. The van der Waals surface area contributed by atoms with Crippen LogP contribution in [0.2, 0.25) is 0 Å². The van der Waals surface area contributed by atoms with Crippen molar-refractivity contribution in [1.82, 2.24) is 0 Å². The smallest absolute Gasteiger partial charge is 0.0698 e. The monoisotopic (exact) mass is 392 g/mol. The van der Waals surface area contributed by atoms with Crippen molar-refractivity contribution in [2.24, 2.45) is 0 Å². The average molecular weight is 393 g/mol. The highest BCUT2D eigenvalue weighted by Gasteiger charge is 2.38. The Kier molecular flexibility index (Phi) is 7.25. The zero-order valence-electron chi connectivity index (χ0n) is 18.6. The summed E-state index contributed by atoms with van der Waals surface area (Å²) in [5, 5.41) is 0. The molecular weight excluding hydrogens is 360 g/mol. The van der Waals surface area contributed by atoms with Gasteiger partial charge in [-0.25, -0.2) is 0 Å². The van der Waals surface area contributed by atoms with Crippen LogP contribution in [0.5, 0.6) is 0 Å². The van der Waals surface area contributed by atoms with E-state index in [0.29, 0.717) is 0 Å². The lowest BCUT2D eigenvalue weighted by molar-refractivity contribution is 0.740. The summed E-state index contributed by atoms with van der Waals surface area (Å²) in [6.45, 7) is 8.29. The molecule has 0 saturated carbocycles. The van der Waals surface area contributed by atoms with Gasteiger partial charge in [0.05, 0.1) is 5.41 Å². The number of benzene rings is 3. The average Bonchev–Trinajstić information content (AvgIpc) is 3.09. The zero-order chi connectivity index (χ0) is 21.4. The van der Waals surface area contributed by atoms with E-state index in [1.54, 1.807) is 0 Å². The lowest BCUT2D eigenvalue weighted by Crippen LogP contribution is -2.31. The predicted molar refractivity (Wildman–Crippen MR) is 131 cm³/mol. The van der Waals surface area contributed by atoms with Crippen LogP contribution in [0.4, 0.5) is 0 Å². The molecule has 0 unspecified atom stereocenters. The van der Waals surface area contributed by atoms with Gasteiger partial charge < -0.3 is 0 Å². The second-order valence-electron chi connectivity index (χ2n) is 7.53. The SMILES string of the molecule is CC.Cc1ccc(C(C2=CCC=CC=C2)(c2ccccc2)c2ccc(C)cc2)cc1. The van der Waals surface area contributed by atoms with Crippen LogP contribution in [0, 0.1) is 13.8 Å². The summed E-state index contributed by atoms with van der Waals surface area (Å²) in [6.07, 6.45) is 12.1. The summed E-state index contributed by atoms with van der Waals surface area (Å²) in [5.41, 5.74) is 7.42. The maximum Gasteiger partial charge on any atom is 0.0698 e. The number of rotatable bonds is 4. The molecule has 0 aliphatic heterocycles. The number of hydrogen-bond acceptors (Lipinski definition) is 0. The lowest BCUT2D eigenvalue weighted by Gasteiger charge is -2.38. The summed E-state index contributed by atoms with van der Waals surface area (Å²) < 4.78 is 0. The Balaban J connectivity index is 0.00000124. The Labute approximate surface area is 182 Å². The first-order valence-electron chi connectivity index (χ1n) is 10.9. The second-order valence-corrected chi connectivity index (χ2v) is 7.53. The van der Waals surface area contributed by atoms with Gasteiger partial charge in [-0.2, -0.15) is 0 Å². The van der Waals surface area contributed by atoms with Crippen LogP contribution in [-0.4, -0.2) is 0 Å². The summed E-state index contributed by atoms with van der Waals surface area (Å²) in [4.78, 5) is 0. The molecule has 152 valence electrons. The fraction of sp³-hybridized carbons (Fsp3) is 0.200. The van der Waals surface area contributed by atoms with Crippen LogP contribution in [0.1, 0.15) is 48.1 Å². The molecule has 0 spiro atoms. The van der Waals surface area contributed by atoms with Crippen LogP contribution in [0.3, 0.4) is 0 Å². The molecule has 1 aliphatic rings. The molecule has 0 saturated heterocycles. The molecule has 3 aromatic carbocycles. The molecule has 0 nitrogen and oxygen atoms in total. The van der Waals surface area contributed by atoms with E-state index >= 15 is 0 Å². The van der Waals surface area contributed by atoms with E-state index in [1.165, 1.54) is 33.4 Å². The maximum absolute atomic E-state index is 2.37. The van der Waals surface area contributed by atoms with E-state index in [4.69, 9.17) is 0 Å². The Morgan fingerprint density at radius 1 is 0.600 bits per heavy atom. The fourth-order valence-electron chi connectivity index (χ4n) is 4.15. The van der Waals surface area contributed by atoms with Crippen molar-refractivity contribution < 1.29 is 0 Å². The third-order valence-corrected chi connectivity index (χ3v) is 5.61. The molecule has 0 heterocycles. The quantitative estimate of drug-likeness (QED) is 0.393. The largest absolute Gasteiger partial charge is 0.0807 e. The number of allylic oxidation sites excluding steroid dienone is 6. The van der Waals surface area contributed by atoms with Crippen molar-refractivity contribution in [3.05, 3.63) is 143 Å². The Morgan fingerprint density at radius 2 is 1.10 bits per heavy atom. The summed E-state index contributed by atoms with van der Waals surface area (Å²) in [7, 11) is 0. The molecule has 0 aromatic heterocycles. The summed E-state index contributed by atoms with van der Waals surface area (Å²) >= 11 is 0. The zero-order valence-corrected chi connectivity index (χ0v) is 18.6. The van der Waals surface area contributed by atoms with Crippen molar-refractivity contribution in [2.45, 2.75) is 39.5 Å². The van der Waals surface area contributed by atoms with Gasteiger partial charge in [-0.15, -0.1) is 0 Å². The first kappa shape index (κ1) is 21.6. The van der Waals surface area contributed by atoms with Crippen molar-refractivity contribution in [3.8, 4) is 0 Å². The molecule has 0 bridgehead atoms. The van der Waals surface area contributed by atoms with E-state index in [2.05, 4.69) is 123 Å². The van der Waals surface area contributed by atoms with Crippen molar-refractivity contribution >= 4 is 0 Å². The van der Waals surface area contributed by atoms with Gasteiger partial charge in [-0.3, -0.25) is 0 Å². The van der Waals surface area contributed by atoms with Crippen molar-refractivity contribution in [1.29, 1.82) is 0 Å². The molecule has 0 radical (unpaired) electrons. The molecule has 0 atom stereocenters. The molecule has 0 amide bonds. The highest BCUT2D eigenvalue weighted by molar-refractivity contribution is 5.62. The minimum Gasteiger partial charge on any atom is -0.0807 e. The topological polar surface area (TPSA) is 0 Å². The predicted octanol–water partition coefficient (Wildman–Crippen LogP) is 8.11. The van der Waals surface area contributed by atoms with Crippen LogP contribution in [0.25, 0.3) is 0 Å². The van der Waals surface area contributed by atoms with Crippen LogP contribution in [0.15, 0.2) is 115 Å². The molecule has 1 aliphatic carbocycles. The van der Waals surface area contributed by atoms with Crippen molar-refractivity contribution in [3.63, 3.8) is 0 Å². The number of aryl methyl sites for hydroxylation is 2. The van der Waals surface area contributed by atoms with Crippen LogP contribution >= 0.6 is 0 Å². The van der Waals surface area contributed by atoms with E-state index < -0.39 is 0 Å². The molecule has 4 rings (SSSR count). The first-order chi connectivity index (χ1) is 14.7. The molecule has 3 aromatic rings. The van der Waals surface area contributed by atoms with Gasteiger partial charge in [-0.1, -0.05) is 134 Å². The van der Waals surface area contributed by atoms with Gasteiger partial charge in [-0.05, 0) is 42.5 Å². The molecule has 0 fully saturated rings. The first-order valence-corrected chi connectivity index (χ1v) is 10.9. The third-order valence-electron chi connectivity index (χ3n) is 5.61. The second kappa shape index (κ2) is 10.1. The summed E-state index contributed by atoms with van der Waals surface area (Å²) in [6, 6.07) is 28.9. The van der Waals surface area contributed by atoms with Gasteiger partial charge in [0.1, 0.15) is 0 Å². The Morgan fingerprint density at radius 3 is 1.63 bits per heavy atom. The van der Waals surface area contributed by atoms with Gasteiger partial charge in [0.15, 0.2) is 0 Å². The van der Waals surface area contributed by atoms with Crippen molar-refractivity contribution in [2.75, 3.05) is 0 Å². The van der Waals surface area contributed by atoms with Gasteiger partial charge in [0, 0.05) is 0 Å². The summed E-state index contributed by atoms with van der Waals surface area (Å²) in [5.74, 6) is 0. The van der Waals surface area contributed by atoms with Gasteiger partial charge >= 0.3 is 0 Å². The van der Waals surface area contributed by atoms with Gasteiger partial charge in [0.25, 0.3) is 0 Å². The van der Waals surface area contributed by atoms with E-state index in [0.717, 1.165) is 6.42 Å². The minimum atomic E-state index is -0.342. The Bertz CT molecular complexity index is 968. The highest BCUT2D eigenvalue weighted by atomic mass is 14.4. The third kappa shape index (κ3) is 4.24. The van der Waals surface area contributed by atoms with E-state index in [9.17, 15) is 0 Å². The van der Waals surface area contributed by atoms with E-state index in [1.807, 2.05) is 13.8 Å².